The molecule has 1 amide bonds. The first-order valence-electron chi connectivity index (χ1n) is 7.12. The molecule has 0 radical (unpaired) electrons. The van der Waals surface area contributed by atoms with Crippen LogP contribution in [0, 0.1) is 3.57 Å². The normalized spacial score (nSPS) is 26.2. The zero-order valence-corrected chi connectivity index (χ0v) is 13.5. The van der Waals surface area contributed by atoms with Crippen LogP contribution in [0.5, 0.6) is 0 Å². The molecule has 3 rings (SSSR count). The van der Waals surface area contributed by atoms with Gasteiger partial charge in [0.2, 0.25) is 0 Å². The maximum absolute atomic E-state index is 12.2. The molecule has 2 fully saturated rings. The third kappa shape index (κ3) is 3.15. The fraction of sp³-hybridized carbons (Fsp3) is 0.533. The number of nitrogens with zero attached hydrogens (tertiary/aromatic N) is 1. The van der Waals surface area contributed by atoms with E-state index in [0.717, 1.165) is 22.3 Å². The Kier molecular flexibility index (Phi) is 4.58. The van der Waals surface area contributed by atoms with E-state index in [4.69, 9.17) is 4.74 Å². The molecule has 2 saturated heterocycles. The lowest BCUT2D eigenvalue weighted by atomic mass is 10.1. The van der Waals surface area contributed by atoms with E-state index in [1.165, 1.54) is 19.4 Å². The standard InChI is InChI=1S/C15H19IN2O2/c16-14-6-2-1-5-13(14)15(19)17-8-12-9-18-7-3-4-11(18)10-20-12/h1-2,5-6,11-12H,3-4,7-10H2,(H,17,19)/t11-,12+/m0/s1. The smallest absolute Gasteiger partial charge is 0.252 e. The summed E-state index contributed by atoms with van der Waals surface area (Å²) >= 11 is 2.19. The summed E-state index contributed by atoms with van der Waals surface area (Å²) in [6.45, 7) is 3.52. The number of halogens is 1. The average Bonchev–Trinajstić information content (AvgIpc) is 2.92. The highest BCUT2D eigenvalue weighted by Crippen LogP contribution is 2.22. The second kappa shape index (κ2) is 6.41. The van der Waals surface area contributed by atoms with Crippen molar-refractivity contribution < 1.29 is 9.53 Å². The first-order valence-corrected chi connectivity index (χ1v) is 8.20. The lowest BCUT2D eigenvalue weighted by Gasteiger charge is -2.35. The maximum Gasteiger partial charge on any atom is 0.252 e. The van der Waals surface area contributed by atoms with Crippen molar-refractivity contribution in [2.75, 3.05) is 26.2 Å². The number of hydrogen-bond donors (Lipinski definition) is 1. The molecular weight excluding hydrogens is 367 g/mol. The van der Waals surface area contributed by atoms with Gasteiger partial charge in [0.25, 0.3) is 5.91 Å². The SMILES string of the molecule is O=C(NC[C@@H]1CN2CCC[C@H]2CO1)c1ccccc1I. The number of morpholine rings is 1. The first kappa shape index (κ1) is 14.3. The van der Waals surface area contributed by atoms with Crippen molar-refractivity contribution in [1.82, 2.24) is 10.2 Å². The van der Waals surface area contributed by atoms with Crippen molar-refractivity contribution in [2.45, 2.75) is 25.0 Å². The minimum Gasteiger partial charge on any atom is -0.373 e. The molecule has 1 aromatic carbocycles. The fourth-order valence-electron chi connectivity index (χ4n) is 2.96. The van der Waals surface area contributed by atoms with Crippen molar-refractivity contribution in [3.63, 3.8) is 0 Å². The summed E-state index contributed by atoms with van der Waals surface area (Å²) in [5.41, 5.74) is 0.739. The highest BCUT2D eigenvalue weighted by atomic mass is 127. The number of amides is 1. The van der Waals surface area contributed by atoms with Crippen LogP contribution < -0.4 is 5.32 Å². The van der Waals surface area contributed by atoms with Gasteiger partial charge in [-0.05, 0) is 54.1 Å². The van der Waals surface area contributed by atoms with Crippen LogP contribution in [0.4, 0.5) is 0 Å². The zero-order chi connectivity index (χ0) is 13.9. The Balaban J connectivity index is 1.52. The van der Waals surface area contributed by atoms with Crippen LogP contribution in [-0.4, -0.2) is 49.2 Å². The van der Waals surface area contributed by atoms with Crippen molar-refractivity contribution in [1.29, 1.82) is 0 Å². The number of carbonyl (C=O) groups excluding carboxylic acids is 1. The topological polar surface area (TPSA) is 41.6 Å². The van der Waals surface area contributed by atoms with Gasteiger partial charge < -0.3 is 10.1 Å². The Hall–Kier alpha value is -0.660. The van der Waals surface area contributed by atoms with Crippen LogP contribution in [0.1, 0.15) is 23.2 Å². The number of carbonyl (C=O) groups is 1. The highest BCUT2D eigenvalue weighted by Gasteiger charge is 2.32. The second-order valence-electron chi connectivity index (χ2n) is 5.44. The summed E-state index contributed by atoms with van der Waals surface area (Å²) in [6, 6.07) is 8.24. The van der Waals surface area contributed by atoms with Gasteiger partial charge in [-0.3, -0.25) is 9.69 Å². The molecule has 0 bridgehead atoms. The lowest BCUT2D eigenvalue weighted by Crippen LogP contribution is -2.50. The molecule has 2 heterocycles. The summed E-state index contributed by atoms with van der Waals surface area (Å²) in [4.78, 5) is 14.6. The van der Waals surface area contributed by atoms with Crippen molar-refractivity contribution in [3.8, 4) is 0 Å². The van der Waals surface area contributed by atoms with E-state index in [-0.39, 0.29) is 12.0 Å². The van der Waals surface area contributed by atoms with Crippen LogP contribution >= 0.6 is 22.6 Å². The Labute approximate surface area is 133 Å². The number of hydrogen-bond acceptors (Lipinski definition) is 3. The fourth-order valence-corrected chi connectivity index (χ4v) is 3.59. The van der Waals surface area contributed by atoms with E-state index in [2.05, 4.69) is 32.8 Å². The van der Waals surface area contributed by atoms with Crippen LogP contribution in [0.3, 0.4) is 0 Å². The van der Waals surface area contributed by atoms with Crippen LogP contribution in [0.25, 0.3) is 0 Å². The minimum atomic E-state index is -0.0119. The van der Waals surface area contributed by atoms with Crippen LogP contribution in [0.15, 0.2) is 24.3 Å². The van der Waals surface area contributed by atoms with Gasteiger partial charge in [0.05, 0.1) is 18.3 Å². The third-order valence-electron chi connectivity index (χ3n) is 4.07. The van der Waals surface area contributed by atoms with Gasteiger partial charge in [0.1, 0.15) is 0 Å². The van der Waals surface area contributed by atoms with E-state index in [0.29, 0.717) is 12.6 Å². The van der Waals surface area contributed by atoms with Crippen LogP contribution in [-0.2, 0) is 4.74 Å². The molecule has 1 aromatic rings. The molecule has 4 nitrogen and oxygen atoms in total. The van der Waals surface area contributed by atoms with E-state index < -0.39 is 0 Å². The minimum absolute atomic E-state index is 0.0119. The van der Waals surface area contributed by atoms with Gasteiger partial charge in [-0.15, -0.1) is 0 Å². The van der Waals surface area contributed by atoms with E-state index >= 15 is 0 Å². The lowest BCUT2D eigenvalue weighted by molar-refractivity contribution is -0.0461. The Morgan fingerprint density at radius 1 is 1.45 bits per heavy atom. The Morgan fingerprint density at radius 3 is 3.15 bits per heavy atom. The molecule has 2 aliphatic heterocycles. The first-order chi connectivity index (χ1) is 9.74. The monoisotopic (exact) mass is 386 g/mol. The molecular formula is C15H19IN2O2. The molecule has 2 aliphatic rings. The summed E-state index contributed by atoms with van der Waals surface area (Å²) < 4.78 is 6.83. The maximum atomic E-state index is 12.2. The molecule has 0 aliphatic carbocycles. The van der Waals surface area contributed by atoms with Crippen molar-refractivity contribution >= 4 is 28.5 Å². The second-order valence-corrected chi connectivity index (χ2v) is 6.60. The zero-order valence-electron chi connectivity index (χ0n) is 11.3. The quantitative estimate of drug-likeness (QED) is 0.807. The summed E-state index contributed by atoms with van der Waals surface area (Å²) in [7, 11) is 0. The van der Waals surface area contributed by atoms with Crippen LogP contribution in [0.2, 0.25) is 0 Å². The van der Waals surface area contributed by atoms with Gasteiger partial charge in [0.15, 0.2) is 0 Å². The van der Waals surface area contributed by atoms with E-state index in [1.54, 1.807) is 0 Å². The molecule has 0 aromatic heterocycles. The van der Waals surface area contributed by atoms with E-state index in [1.807, 2.05) is 24.3 Å². The molecule has 0 saturated carbocycles. The molecule has 5 heteroatoms. The highest BCUT2D eigenvalue weighted by molar-refractivity contribution is 14.1. The van der Waals surface area contributed by atoms with E-state index in [9.17, 15) is 4.79 Å². The molecule has 108 valence electrons. The third-order valence-corrected chi connectivity index (χ3v) is 5.01. The summed E-state index contributed by atoms with van der Waals surface area (Å²) in [6.07, 6.45) is 2.64. The van der Waals surface area contributed by atoms with Gasteiger partial charge >= 0.3 is 0 Å². The number of benzene rings is 1. The number of fused-ring (bicyclic) bond motifs is 1. The largest absolute Gasteiger partial charge is 0.373 e. The van der Waals surface area contributed by atoms with Gasteiger partial charge in [-0.2, -0.15) is 0 Å². The number of nitrogens with one attached hydrogen (secondary N) is 1. The Morgan fingerprint density at radius 2 is 2.30 bits per heavy atom. The Bertz CT molecular complexity index is 495. The summed E-state index contributed by atoms with van der Waals surface area (Å²) in [5.74, 6) is -0.0119. The predicted molar refractivity (Wildman–Crippen MR) is 85.8 cm³/mol. The van der Waals surface area contributed by atoms with Crippen molar-refractivity contribution in [3.05, 3.63) is 33.4 Å². The molecule has 0 unspecified atom stereocenters. The average molecular weight is 386 g/mol. The van der Waals surface area contributed by atoms with Gasteiger partial charge in [-0.1, -0.05) is 12.1 Å². The predicted octanol–water partition coefficient (Wildman–Crippen LogP) is 1.88. The molecule has 20 heavy (non-hydrogen) atoms. The van der Waals surface area contributed by atoms with Gasteiger partial charge in [0, 0.05) is 22.7 Å². The summed E-state index contributed by atoms with van der Waals surface area (Å²) in [5, 5.41) is 2.99. The van der Waals surface area contributed by atoms with Gasteiger partial charge in [-0.25, -0.2) is 0 Å². The number of ether oxygens (including phenoxy) is 1. The number of rotatable bonds is 3. The molecule has 0 spiro atoms. The molecule has 1 N–H and O–H groups in total. The van der Waals surface area contributed by atoms with Crippen molar-refractivity contribution in [2.24, 2.45) is 0 Å². The molecule has 2 atom stereocenters.